The van der Waals surface area contributed by atoms with E-state index in [0.717, 1.165) is 46.9 Å². The van der Waals surface area contributed by atoms with Crippen molar-refractivity contribution in [3.05, 3.63) is 96.4 Å². The molecule has 0 atom stereocenters. The van der Waals surface area contributed by atoms with Crippen molar-refractivity contribution in [3.8, 4) is 22.6 Å². The number of pyridine rings is 2. The van der Waals surface area contributed by atoms with Gasteiger partial charge >= 0.3 is 0 Å². The molecule has 0 unspecified atom stereocenters. The second kappa shape index (κ2) is 11.0. The molecule has 1 amide bonds. The molecule has 1 fully saturated rings. The molecule has 1 N–H and O–H groups in total. The maximum atomic E-state index is 12.3. The highest BCUT2D eigenvalue weighted by molar-refractivity contribution is 5.78. The topological polar surface area (TPSA) is 76.6 Å². The number of nitrogens with zero attached hydrogens (tertiary/aromatic N) is 3. The van der Waals surface area contributed by atoms with Crippen molar-refractivity contribution in [2.45, 2.75) is 26.0 Å². The third-order valence-corrected chi connectivity index (χ3v) is 6.05. The van der Waals surface area contributed by atoms with Gasteiger partial charge in [-0.05, 0) is 54.4 Å². The number of hydrogen-bond acceptors (Lipinski definition) is 6. The predicted molar refractivity (Wildman–Crippen MR) is 139 cm³/mol. The van der Waals surface area contributed by atoms with Crippen LogP contribution in [-0.2, 0) is 22.7 Å². The Bertz CT molecular complexity index is 1310. The number of ether oxygens (including phenoxy) is 2. The summed E-state index contributed by atoms with van der Waals surface area (Å²) in [6, 6.07) is 23.8. The van der Waals surface area contributed by atoms with E-state index in [1.165, 1.54) is 0 Å². The minimum atomic E-state index is 0.170. The summed E-state index contributed by atoms with van der Waals surface area (Å²) in [7, 11) is 1.64. The fraction of sp³-hybridized carbons (Fsp3) is 0.207. The van der Waals surface area contributed by atoms with Gasteiger partial charge in [-0.1, -0.05) is 30.3 Å². The van der Waals surface area contributed by atoms with Crippen LogP contribution in [0.25, 0.3) is 11.1 Å². The highest BCUT2D eigenvalue weighted by Crippen LogP contribution is 2.31. The zero-order valence-electron chi connectivity index (χ0n) is 20.2. The van der Waals surface area contributed by atoms with Gasteiger partial charge in [0.25, 0.3) is 0 Å². The average Bonchev–Trinajstić information content (AvgIpc) is 3.32. The Balaban J connectivity index is 1.36. The lowest BCUT2D eigenvalue weighted by Gasteiger charge is -2.19. The second-order valence-electron chi connectivity index (χ2n) is 8.68. The summed E-state index contributed by atoms with van der Waals surface area (Å²) in [6.45, 7) is 1.69. The number of hydrogen-bond donors (Lipinski definition) is 1. The van der Waals surface area contributed by atoms with E-state index in [9.17, 15) is 4.79 Å². The number of carbonyl (C=O) groups excluding carboxylic acids is 1. The van der Waals surface area contributed by atoms with Gasteiger partial charge in [-0.3, -0.25) is 9.78 Å². The minimum absolute atomic E-state index is 0.170. The summed E-state index contributed by atoms with van der Waals surface area (Å²) in [5.41, 5.74) is 4.80. The average molecular weight is 481 g/mol. The standard InChI is InChI=1S/C29H28N4O3/c1-35-20-25-10-12-26(18-30-25)36-27-13-11-24(16-23(27)19-33-15-5-8-29(33)34)32-28-14-9-22(17-31-28)21-6-3-2-4-7-21/h2-4,6-7,9-14,16-18H,5,8,15,19-20H2,1H3,(H,31,32). The van der Waals surface area contributed by atoms with Crippen LogP contribution in [0, 0.1) is 0 Å². The van der Waals surface area contributed by atoms with Crippen molar-refractivity contribution < 1.29 is 14.3 Å². The summed E-state index contributed by atoms with van der Waals surface area (Å²) < 4.78 is 11.3. The van der Waals surface area contributed by atoms with Crippen molar-refractivity contribution in [3.63, 3.8) is 0 Å². The number of anilines is 2. The molecule has 182 valence electrons. The SMILES string of the molecule is COCc1ccc(Oc2ccc(Nc3ccc(-c4ccccc4)cn3)cc2CN2CCCC2=O)cn1. The lowest BCUT2D eigenvalue weighted by molar-refractivity contribution is -0.128. The zero-order valence-corrected chi connectivity index (χ0v) is 20.2. The number of nitrogens with one attached hydrogen (secondary N) is 1. The third-order valence-electron chi connectivity index (χ3n) is 6.05. The molecule has 2 aromatic heterocycles. The van der Waals surface area contributed by atoms with E-state index in [4.69, 9.17) is 9.47 Å². The quantitative estimate of drug-likeness (QED) is 0.319. The zero-order chi connectivity index (χ0) is 24.7. The Kier molecular flexibility index (Phi) is 7.19. The van der Waals surface area contributed by atoms with Gasteiger partial charge in [0.05, 0.1) is 18.5 Å². The smallest absolute Gasteiger partial charge is 0.222 e. The number of aromatic nitrogens is 2. The molecule has 5 rings (SSSR count). The Morgan fingerprint density at radius 1 is 0.944 bits per heavy atom. The van der Waals surface area contributed by atoms with Crippen molar-refractivity contribution in [2.24, 2.45) is 0 Å². The number of benzene rings is 2. The molecule has 4 aromatic rings. The van der Waals surface area contributed by atoms with Crippen LogP contribution in [0.1, 0.15) is 24.1 Å². The molecule has 0 spiro atoms. The van der Waals surface area contributed by atoms with E-state index in [1.54, 1.807) is 13.3 Å². The fourth-order valence-corrected chi connectivity index (χ4v) is 4.21. The molecule has 1 aliphatic heterocycles. The number of carbonyl (C=O) groups is 1. The predicted octanol–water partition coefficient (Wildman–Crippen LogP) is 5.95. The first-order chi connectivity index (χ1) is 17.7. The second-order valence-corrected chi connectivity index (χ2v) is 8.68. The van der Waals surface area contributed by atoms with Crippen LogP contribution in [-0.4, -0.2) is 34.4 Å². The Hall–Kier alpha value is -4.23. The molecule has 7 heteroatoms. The van der Waals surface area contributed by atoms with E-state index < -0.39 is 0 Å². The van der Waals surface area contributed by atoms with Crippen LogP contribution in [0.3, 0.4) is 0 Å². The Labute approximate surface area is 210 Å². The van der Waals surface area contributed by atoms with E-state index in [2.05, 4.69) is 27.4 Å². The maximum absolute atomic E-state index is 12.3. The molecule has 2 aromatic carbocycles. The monoisotopic (exact) mass is 480 g/mol. The molecule has 7 nitrogen and oxygen atoms in total. The molecular weight excluding hydrogens is 452 g/mol. The molecule has 0 aliphatic carbocycles. The summed E-state index contributed by atoms with van der Waals surface area (Å²) in [4.78, 5) is 23.1. The van der Waals surface area contributed by atoms with Crippen LogP contribution in [0.4, 0.5) is 11.5 Å². The highest BCUT2D eigenvalue weighted by atomic mass is 16.5. The lowest BCUT2D eigenvalue weighted by atomic mass is 10.1. The molecule has 1 aliphatic rings. The van der Waals surface area contributed by atoms with Gasteiger partial charge in [-0.2, -0.15) is 0 Å². The number of methoxy groups -OCH3 is 1. The fourth-order valence-electron chi connectivity index (χ4n) is 4.21. The van der Waals surface area contributed by atoms with Crippen molar-refractivity contribution in [1.82, 2.24) is 14.9 Å². The van der Waals surface area contributed by atoms with Gasteiger partial charge in [-0.25, -0.2) is 4.98 Å². The van der Waals surface area contributed by atoms with Gasteiger partial charge < -0.3 is 19.7 Å². The molecule has 1 saturated heterocycles. The minimum Gasteiger partial charge on any atom is -0.455 e. The van der Waals surface area contributed by atoms with E-state index in [0.29, 0.717) is 31.1 Å². The maximum Gasteiger partial charge on any atom is 0.222 e. The molecule has 0 radical (unpaired) electrons. The highest BCUT2D eigenvalue weighted by Gasteiger charge is 2.22. The van der Waals surface area contributed by atoms with Crippen LogP contribution in [0.5, 0.6) is 11.5 Å². The van der Waals surface area contributed by atoms with Gasteiger partial charge in [0.15, 0.2) is 0 Å². The summed E-state index contributed by atoms with van der Waals surface area (Å²) in [6.07, 6.45) is 5.02. The molecule has 36 heavy (non-hydrogen) atoms. The first kappa shape index (κ1) is 23.5. The van der Waals surface area contributed by atoms with Crippen molar-refractivity contribution >= 4 is 17.4 Å². The van der Waals surface area contributed by atoms with Crippen LogP contribution < -0.4 is 10.1 Å². The van der Waals surface area contributed by atoms with Gasteiger partial charge in [0.1, 0.15) is 17.3 Å². The number of likely N-dealkylation sites (tertiary alicyclic amines) is 1. The first-order valence-electron chi connectivity index (χ1n) is 12.0. The first-order valence-corrected chi connectivity index (χ1v) is 12.0. The summed E-state index contributed by atoms with van der Waals surface area (Å²) in [5.74, 6) is 2.23. The molecule has 0 bridgehead atoms. The molecule has 3 heterocycles. The van der Waals surface area contributed by atoms with E-state index >= 15 is 0 Å². The third kappa shape index (κ3) is 5.70. The largest absolute Gasteiger partial charge is 0.455 e. The van der Waals surface area contributed by atoms with Gasteiger partial charge in [0.2, 0.25) is 5.91 Å². The van der Waals surface area contributed by atoms with Crippen LogP contribution >= 0.6 is 0 Å². The molecular formula is C29H28N4O3. The lowest BCUT2D eigenvalue weighted by Crippen LogP contribution is -2.24. The van der Waals surface area contributed by atoms with Crippen LogP contribution in [0.2, 0.25) is 0 Å². The van der Waals surface area contributed by atoms with Crippen LogP contribution in [0.15, 0.2) is 85.2 Å². The molecule has 0 saturated carbocycles. The van der Waals surface area contributed by atoms with Gasteiger partial charge in [0, 0.05) is 49.6 Å². The Morgan fingerprint density at radius 3 is 2.53 bits per heavy atom. The van der Waals surface area contributed by atoms with E-state index in [1.807, 2.05) is 71.8 Å². The van der Waals surface area contributed by atoms with Crippen molar-refractivity contribution in [1.29, 1.82) is 0 Å². The summed E-state index contributed by atoms with van der Waals surface area (Å²) in [5, 5.41) is 3.38. The van der Waals surface area contributed by atoms with E-state index in [-0.39, 0.29) is 5.91 Å². The Morgan fingerprint density at radius 2 is 1.83 bits per heavy atom. The van der Waals surface area contributed by atoms with Gasteiger partial charge in [-0.15, -0.1) is 0 Å². The number of rotatable bonds is 9. The van der Waals surface area contributed by atoms with Crippen molar-refractivity contribution in [2.75, 3.05) is 19.0 Å². The normalized spacial score (nSPS) is 13.1. The summed E-state index contributed by atoms with van der Waals surface area (Å²) >= 11 is 0. The number of amides is 1.